The fraction of sp³-hybridized carbons (Fsp3) is 0.208. The van der Waals surface area contributed by atoms with Gasteiger partial charge in [-0.25, -0.2) is 8.42 Å². The van der Waals surface area contributed by atoms with Gasteiger partial charge < -0.3 is 5.32 Å². The summed E-state index contributed by atoms with van der Waals surface area (Å²) in [6.45, 7) is 5.58. The van der Waals surface area contributed by atoms with Crippen LogP contribution < -0.4 is 5.32 Å². The van der Waals surface area contributed by atoms with Crippen LogP contribution in [0.3, 0.4) is 0 Å². The minimum absolute atomic E-state index is 0.0870. The maximum absolute atomic E-state index is 13.4. The maximum Gasteiger partial charge on any atom is 0.243 e. The van der Waals surface area contributed by atoms with Crippen molar-refractivity contribution in [2.45, 2.75) is 32.2 Å². The Kier molecular flexibility index (Phi) is 7.30. The van der Waals surface area contributed by atoms with E-state index in [4.69, 9.17) is 0 Å². The van der Waals surface area contributed by atoms with Gasteiger partial charge in [0.05, 0.1) is 11.4 Å². The highest BCUT2D eigenvalue weighted by atomic mass is 79.9. The summed E-state index contributed by atoms with van der Waals surface area (Å²) in [4.78, 5) is 13.0. The smallest absolute Gasteiger partial charge is 0.243 e. The van der Waals surface area contributed by atoms with E-state index in [2.05, 4.69) is 21.2 Å². The molecule has 0 fully saturated rings. The van der Waals surface area contributed by atoms with Crippen molar-refractivity contribution in [2.75, 3.05) is 11.9 Å². The predicted octanol–water partition coefficient (Wildman–Crippen LogP) is 5.20. The van der Waals surface area contributed by atoms with E-state index in [1.54, 1.807) is 24.3 Å². The molecule has 0 spiro atoms. The minimum atomic E-state index is -3.87. The summed E-state index contributed by atoms with van der Waals surface area (Å²) in [5, 5.41) is 2.86. The maximum atomic E-state index is 13.4. The number of halogens is 1. The van der Waals surface area contributed by atoms with Crippen molar-refractivity contribution in [3.8, 4) is 0 Å². The lowest BCUT2D eigenvalue weighted by atomic mass is 10.1. The summed E-state index contributed by atoms with van der Waals surface area (Å²) in [5.74, 6) is -0.388. The second kappa shape index (κ2) is 9.77. The zero-order chi connectivity index (χ0) is 22.6. The van der Waals surface area contributed by atoms with Gasteiger partial charge in [-0.2, -0.15) is 4.31 Å². The number of benzene rings is 3. The normalized spacial score (nSPS) is 11.5. The van der Waals surface area contributed by atoms with Crippen LogP contribution in [0.5, 0.6) is 0 Å². The highest BCUT2D eigenvalue weighted by Crippen LogP contribution is 2.22. The Balaban J connectivity index is 1.89. The molecule has 0 radical (unpaired) electrons. The number of aryl methyl sites for hydroxylation is 2. The molecule has 1 N–H and O–H groups in total. The standard InChI is InChI=1S/C24H25BrN2O3S/c1-17-7-13-22(14-8-17)31(29,30)27(15-20-9-11-21(25)12-10-20)16-24(28)26-23-6-4-5-18(2)19(23)3/h4-14H,15-16H2,1-3H3,(H,26,28). The number of sulfonamides is 1. The highest BCUT2D eigenvalue weighted by molar-refractivity contribution is 9.10. The lowest BCUT2D eigenvalue weighted by Crippen LogP contribution is -2.37. The van der Waals surface area contributed by atoms with E-state index in [0.717, 1.165) is 26.7 Å². The van der Waals surface area contributed by atoms with Gasteiger partial charge in [0.1, 0.15) is 0 Å². The SMILES string of the molecule is Cc1ccc(S(=O)(=O)N(CC(=O)Nc2cccc(C)c2C)Cc2ccc(Br)cc2)cc1. The molecular formula is C24H25BrN2O3S. The van der Waals surface area contributed by atoms with Crippen LogP contribution >= 0.6 is 15.9 Å². The molecule has 0 bridgehead atoms. The molecule has 0 aliphatic carbocycles. The molecule has 7 heteroatoms. The van der Waals surface area contributed by atoms with Gasteiger partial charge in [-0.3, -0.25) is 4.79 Å². The van der Waals surface area contributed by atoms with Crippen molar-refractivity contribution in [3.05, 3.63) is 93.5 Å². The zero-order valence-corrected chi connectivity index (χ0v) is 20.1. The third kappa shape index (κ3) is 5.81. The largest absolute Gasteiger partial charge is 0.325 e. The number of amides is 1. The summed E-state index contributed by atoms with van der Waals surface area (Å²) in [6.07, 6.45) is 0. The zero-order valence-electron chi connectivity index (χ0n) is 17.7. The summed E-state index contributed by atoms with van der Waals surface area (Å²) < 4.78 is 28.8. The second-order valence-electron chi connectivity index (χ2n) is 7.51. The van der Waals surface area contributed by atoms with Gasteiger partial charge in [-0.05, 0) is 67.8 Å². The van der Waals surface area contributed by atoms with Crippen molar-refractivity contribution in [3.63, 3.8) is 0 Å². The lowest BCUT2D eigenvalue weighted by molar-refractivity contribution is -0.116. The predicted molar refractivity (Wildman–Crippen MR) is 127 cm³/mol. The quantitative estimate of drug-likeness (QED) is 0.484. The first-order valence-electron chi connectivity index (χ1n) is 9.84. The number of carbonyl (C=O) groups excluding carboxylic acids is 1. The first kappa shape index (κ1) is 23.2. The molecule has 0 unspecified atom stereocenters. The van der Waals surface area contributed by atoms with Crippen molar-refractivity contribution in [2.24, 2.45) is 0 Å². The van der Waals surface area contributed by atoms with Crippen LogP contribution in [-0.4, -0.2) is 25.2 Å². The van der Waals surface area contributed by atoms with E-state index in [-0.39, 0.29) is 23.9 Å². The van der Waals surface area contributed by atoms with E-state index in [1.807, 2.05) is 63.2 Å². The van der Waals surface area contributed by atoms with Crippen molar-refractivity contribution in [1.82, 2.24) is 4.31 Å². The molecule has 162 valence electrons. The van der Waals surface area contributed by atoms with Gasteiger partial charge in [-0.15, -0.1) is 0 Å². The third-order valence-electron chi connectivity index (χ3n) is 5.13. The molecule has 5 nitrogen and oxygen atoms in total. The molecule has 3 aromatic rings. The van der Waals surface area contributed by atoms with E-state index < -0.39 is 10.0 Å². The Morgan fingerprint density at radius 2 is 1.58 bits per heavy atom. The van der Waals surface area contributed by atoms with Gasteiger partial charge in [0, 0.05) is 16.7 Å². The van der Waals surface area contributed by atoms with E-state index in [0.29, 0.717) is 5.69 Å². The molecule has 31 heavy (non-hydrogen) atoms. The summed E-state index contributed by atoms with van der Waals surface area (Å²) >= 11 is 3.39. The summed E-state index contributed by atoms with van der Waals surface area (Å²) in [5.41, 5.74) is 4.44. The van der Waals surface area contributed by atoms with Crippen LogP contribution in [0.25, 0.3) is 0 Å². The number of nitrogens with zero attached hydrogens (tertiary/aromatic N) is 1. The summed E-state index contributed by atoms with van der Waals surface area (Å²) in [7, 11) is -3.87. The third-order valence-corrected chi connectivity index (χ3v) is 7.46. The number of rotatable bonds is 7. The van der Waals surface area contributed by atoms with Crippen LogP contribution in [0.2, 0.25) is 0 Å². The molecule has 0 heterocycles. The van der Waals surface area contributed by atoms with Crippen LogP contribution in [0.15, 0.2) is 76.1 Å². The molecule has 0 saturated carbocycles. The number of hydrogen-bond acceptors (Lipinski definition) is 3. The highest BCUT2D eigenvalue weighted by Gasteiger charge is 2.27. The molecule has 0 aliphatic heterocycles. The molecule has 0 atom stereocenters. The van der Waals surface area contributed by atoms with Gasteiger partial charge in [-0.1, -0.05) is 57.9 Å². The average molecular weight is 501 g/mol. The van der Waals surface area contributed by atoms with Crippen LogP contribution in [-0.2, 0) is 21.4 Å². The lowest BCUT2D eigenvalue weighted by Gasteiger charge is -2.22. The molecular weight excluding hydrogens is 476 g/mol. The van der Waals surface area contributed by atoms with Gasteiger partial charge in [0.15, 0.2) is 0 Å². The fourth-order valence-corrected chi connectivity index (χ4v) is 4.76. The van der Waals surface area contributed by atoms with Crippen LogP contribution in [0, 0.1) is 20.8 Å². The second-order valence-corrected chi connectivity index (χ2v) is 10.4. The molecule has 0 saturated heterocycles. The number of anilines is 1. The topological polar surface area (TPSA) is 66.5 Å². The van der Waals surface area contributed by atoms with Crippen LogP contribution in [0.1, 0.15) is 22.3 Å². The number of carbonyl (C=O) groups is 1. The van der Waals surface area contributed by atoms with Gasteiger partial charge in [0.2, 0.25) is 15.9 Å². The van der Waals surface area contributed by atoms with E-state index >= 15 is 0 Å². The molecule has 1 amide bonds. The summed E-state index contributed by atoms with van der Waals surface area (Å²) in [6, 6.07) is 19.7. The monoisotopic (exact) mass is 500 g/mol. The molecule has 3 aromatic carbocycles. The average Bonchev–Trinajstić information content (AvgIpc) is 2.73. The van der Waals surface area contributed by atoms with Crippen molar-refractivity contribution < 1.29 is 13.2 Å². The molecule has 3 rings (SSSR count). The van der Waals surface area contributed by atoms with Crippen molar-refractivity contribution >= 4 is 37.5 Å². The van der Waals surface area contributed by atoms with Crippen molar-refractivity contribution in [1.29, 1.82) is 0 Å². The minimum Gasteiger partial charge on any atom is -0.325 e. The van der Waals surface area contributed by atoms with Gasteiger partial charge in [0.25, 0.3) is 0 Å². The van der Waals surface area contributed by atoms with E-state index in [9.17, 15) is 13.2 Å². The Hall–Kier alpha value is -2.48. The van der Waals surface area contributed by atoms with Crippen LogP contribution in [0.4, 0.5) is 5.69 Å². The Morgan fingerprint density at radius 3 is 2.23 bits per heavy atom. The number of nitrogens with one attached hydrogen (secondary N) is 1. The Bertz CT molecular complexity index is 1170. The Labute approximate surface area is 192 Å². The Morgan fingerprint density at radius 1 is 0.935 bits per heavy atom. The first-order chi connectivity index (χ1) is 14.7. The molecule has 0 aromatic heterocycles. The first-order valence-corrected chi connectivity index (χ1v) is 12.1. The fourth-order valence-electron chi connectivity index (χ4n) is 3.12. The van der Waals surface area contributed by atoms with E-state index in [1.165, 1.54) is 4.31 Å². The van der Waals surface area contributed by atoms with Gasteiger partial charge >= 0.3 is 0 Å². The molecule has 0 aliphatic rings. The number of hydrogen-bond donors (Lipinski definition) is 1.